The van der Waals surface area contributed by atoms with Crippen LogP contribution >= 0.6 is 0 Å². The van der Waals surface area contributed by atoms with Crippen molar-refractivity contribution in [2.75, 3.05) is 19.6 Å². The molecule has 0 aliphatic heterocycles. The Bertz CT molecular complexity index is 913. The Morgan fingerprint density at radius 2 is 0.733 bits per heavy atom. The van der Waals surface area contributed by atoms with Gasteiger partial charge in [0, 0.05) is 19.4 Å². The molecule has 0 fully saturated rings. The van der Waals surface area contributed by atoms with Crippen LogP contribution in [-0.4, -0.2) is 54.6 Å². The number of hydrogen-bond acceptors (Lipinski definition) is 7. The lowest BCUT2D eigenvalue weighted by molar-refractivity contribution is -0.160. The van der Waals surface area contributed by atoms with Gasteiger partial charge in [0.05, 0.1) is 0 Å². The number of hydrogen-bond donors (Lipinski definition) is 1. The van der Waals surface area contributed by atoms with Gasteiger partial charge in [-0.15, -0.1) is 0 Å². The summed E-state index contributed by atoms with van der Waals surface area (Å²) in [6, 6.07) is -1.01. The third-order valence-corrected chi connectivity index (χ3v) is 12.5. The number of rotatable bonds is 48. The number of unbranched alkanes of at least 4 members (excludes halogenated alkanes) is 33. The lowest BCUT2D eigenvalue weighted by atomic mass is 10.0. The monoisotopic (exact) mass is 849 g/mol. The van der Waals surface area contributed by atoms with Crippen LogP contribution in [0.15, 0.2) is 0 Å². The van der Waals surface area contributed by atoms with E-state index in [2.05, 4.69) is 32.6 Å². The predicted molar refractivity (Wildman–Crippen MR) is 257 cm³/mol. The maximum atomic E-state index is 13.2. The molecule has 0 aliphatic rings. The number of esters is 3. The Balaban J connectivity index is 4.75. The van der Waals surface area contributed by atoms with E-state index < -0.39 is 18.0 Å². The summed E-state index contributed by atoms with van der Waals surface area (Å²) in [7, 11) is 0. The van der Waals surface area contributed by atoms with Gasteiger partial charge in [-0.05, 0) is 51.6 Å². The van der Waals surface area contributed by atoms with Crippen molar-refractivity contribution < 1.29 is 23.9 Å². The van der Waals surface area contributed by atoms with E-state index in [4.69, 9.17) is 15.2 Å². The van der Waals surface area contributed by atoms with Crippen LogP contribution in [0.2, 0.25) is 0 Å². The average Bonchev–Trinajstić information content (AvgIpc) is 3.24. The third kappa shape index (κ3) is 41.9. The molecule has 0 aromatic rings. The molecule has 2 N–H and O–H groups in total. The minimum atomic E-state index is -1.01. The number of carbonyl (C=O) groups is 3. The van der Waals surface area contributed by atoms with Gasteiger partial charge >= 0.3 is 17.9 Å². The molecule has 7 nitrogen and oxygen atoms in total. The highest BCUT2D eigenvalue weighted by Gasteiger charge is 2.23. The number of ether oxygens (including phenoxy) is 2. The molecule has 0 bridgehead atoms. The van der Waals surface area contributed by atoms with Crippen LogP contribution in [0.5, 0.6) is 0 Å². The fourth-order valence-electron chi connectivity index (χ4n) is 8.38. The summed E-state index contributed by atoms with van der Waals surface area (Å²) in [4.78, 5) is 40.8. The topological polar surface area (TPSA) is 98.9 Å². The van der Waals surface area contributed by atoms with E-state index in [1.165, 1.54) is 212 Å². The Hall–Kier alpha value is -1.47. The summed E-state index contributed by atoms with van der Waals surface area (Å²) in [5, 5.41) is 0. The van der Waals surface area contributed by atoms with Crippen molar-refractivity contribution >= 4 is 17.9 Å². The zero-order valence-electron chi connectivity index (χ0n) is 40.8. The van der Waals surface area contributed by atoms with Crippen molar-refractivity contribution in [3.8, 4) is 0 Å². The highest BCUT2D eigenvalue weighted by molar-refractivity contribution is 5.88. The quantitative estimate of drug-likeness (QED) is 0.0370. The molecule has 0 aromatic carbocycles. The third-order valence-electron chi connectivity index (χ3n) is 12.5. The smallest absolute Gasteiger partial charge is 0.330 e. The van der Waals surface area contributed by atoms with Gasteiger partial charge in [-0.1, -0.05) is 240 Å². The van der Waals surface area contributed by atoms with Crippen molar-refractivity contribution in [2.45, 2.75) is 303 Å². The van der Waals surface area contributed by atoms with Gasteiger partial charge in [-0.25, -0.2) is 4.79 Å². The summed E-state index contributed by atoms with van der Waals surface area (Å²) in [6.07, 6.45) is 48.0. The summed E-state index contributed by atoms with van der Waals surface area (Å²) in [5.41, 5.74) is 6.14. The summed E-state index contributed by atoms with van der Waals surface area (Å²) in [6.45, 7) is 11.9. The molecule has 0 spiro atoms. The van der Waals surface area contributed by atoms with Gasteiger partial charge in [0.1, 0.15) is 12.1 Å². The van der Waals surface area contributed by atoms with E-state index in [9.17, 15) is 14.4 Å². The molecule has 0 aliphatic carbocycles. The van der Waals surface area contributed by atoms with Crippen LogP contribution in [0.4, 0.5) is 0 Å². The summed E-state index contributed by atoms with van der Waals surface area (Å²) >= 11 is 0. The first-order valence-electron chi connectivity index (χ1n) is 26.8. The second kappa shape index (κ2) is 47.0. The first-order chi connectivity index (χ1) is 29.4. The van der Waals surface area contributed by atoms with E-state index in [1.54, 1.807) is 0 Å². The Morgan fingerprint density at radius 3 is 1.12 bits per heavy atom. The molecule has 0 rings (SSSR count). The number of nitrogens with zero attached hydrogens (tertiary/aromatic N) is 1. The molecule has 60 heavy (non-hydrogen) atoms. The normalized spacial score (nSPS) is 12.6. The largest absolute Gasteiger partial charge is 0.461 e. The van der Waals surface area contributed by atoms with Crippen LogP contribution in [0.3, 0.4) is 0 Å². The first-order valence-corrected chi connectivity index (χ1v) is 26.8. The molecule has 1 unspecified atom stereocenters. The summed E-state index contributed by atoms with van der Waals surface area (Å²) in [5.74, 6) is -1.56. The zero-order valence-corrected chi connectivity index (χ0v) is 40.8. The molecule has 0 saturated carbocycles. The van der Waals surface area contributed by atoms with Crippen molar-refractivity contribution in [1.29, 1.82) is 0 Å². The molecule has 356 valence electrons. The maximum absolute atomic E-state index is 13.2. The molecular formula is C53H104N2O5. The average molecular weight is 849 g/mol. The molecule has 0 heterocycles. The fraction of sp³-hybridized carbons (Fsp3) is 0.943. The van der Waals surface area contributed by atoms with Crippen molar-refractivity contribution in [1.82, 2.24) is 4.90 Å². The lowest BCUT2D eigenvalue weighted by Gasteiger charge is -2.28. The Morgan fingerprint density at radius 1 is 0.400 bits per heavy atom. The van der Waals surface area contributed by atoms with Crippen molar-refractivity contribution in [2.24, 2.45) is 5.73 Å². The van der Waals surface area contributed by atoms with Gasteiger partial charge in [0.15, 0.2) is 0 Å². The zero-order chi connectivity index (χ0) is 44.0. The highest BCUT2D eigenvalue weighted by atomic mass is 16.6. The van der Waals surface area contributed by atoms with Gasteiger partial charge in [-0.3, -0.25) is 14.5 Å². The molecular weight excluding hydrogens is 745 g/mol. The molecule has 0 saturated heterocycles. The summed E-state index contributed by atoms with van der Waals surface area (Å²) < 4.78 is 11.3. The second-order valence-electron chi connectivity index (χ2n) is 18.6. The molecule has 0 radical (unpaired) electrons. The van der Waals surface area contributed by atoms with Gasteiger partial charge in [0.2, 0.25) is 0 Å². The minimum absolute atomic E-state index is 0.0485. The van der Waals surface area contributed by atoms with Crippen LogP contribution in [-0.2, 0) is 23.9 Å². The number of nitrogens with two attached hydrogens (primary N) is 1. The SMILES string of the molecule is CCCCCCCCCCCCCCCCCC(=O)OC(=O)[C@@H](N)CCC(=O)OC(CCCCCCCCCCCC)CN(CCCCCCCC)CCCCCCCC. The van der Waals surface area contributed by atoms with Crippen LogP contribution in [0.25, 0.3) is 0 Å². The van der Waals surface area contributed by atoms with Crippen LogP contribution < -0.4 is 5.73 Å². The van der Waals surface area contributed by atoms with E-state index in [1.807, 2.05) is 0 Å². The lowest BCUT2D eigenvalue weighted by Crippen LogP contribution is -2.37. The Labute approximate surface area is 374 Å². The minimum Gasteiger partial charge on any atom is -0.461 e. The molecule has 2 atom stereocenters. The van der Waals surface area contributed by atoms with Gasteiger partial charge < -0.3 is 15.2 Å². The van der Waals surface area contributed by atoms with Crippen LogP contribution in [0.1, 0.15) is 291 Å². The van der Waals surface area contributed by atoms with Crippen molar-refractivity contribution in [3.63, 3.8) is 0 Å². The van der Waals surface area contributed by atoms with E-state index >= 15 is 0 Å². The van der Waals surface area contributed by atoms with Gasteiger partial charge in [0.25, 0.3) is 0 Å². The molecule has 0 amide bonds. The van der Waals surface area contributed by atoms with Crippen molar-refractivity contribution in [3.05, 3.63) is 0 Å². The second-order valence-corrected chi connectivity index (χ2v) is 18.6. The van der Waals surface area contributed by atoms with Crippen LogP contribution in [0, 0.1) is 0 Å². The standard InChI is InChI=1S/C53H104N2O5/c1-5-9-13-17-21-23-25-26-27-28-29-31-33-35-39-43-51(56)60-53(58)50(54)44-45-52(57)59-49(42-38-34-32-30-24-22-18-14-10-6-2)48-55(46-40-36-19-15-11-7-3)47-41-37-20-16-12-8-4/h49-50H,5-48,54H2,1-4H3/t49?,50-/m0/s1. The van der Waals surface area contributed by atoms with E-state index in [0.717, 1.165) is 51.7 Å². The molecule has 0 aromatic heterocycles. The van der Waals surface area contributed by atoms with E-state index in [0.29, 0.717) is 0 Å². The fourth-order valence-corrected chi connectivity index (χ4v) is 8.38. The Kier molecular flexibility index (Phi) is 45.9. The predicted octanol–water partition coefficient (Wildman–Crippen LogP) is 15.7. The number of carbonyl (C=O) groups excluding carboxylic acids is 3. The first kappa shape index (κ1) is 58.5. The van der Waals surface area contributed by atoms with E-state index in [-0.39, 0.29) is 31.3 Å². The maximum Gasteiger partial charge on any atom is 0.330 e. The highest BCUT2D eigenvalue weighted by Crippen LogP contribution is 2.18. The molecule has 7 heteroatoms. The van der Waals surface area contributed by atoms with Gasteiger partial charge in [-0.2, -0.15) is 0 Å².